The van der Waals surface area contributed by atoms with E-state index in [9.17, 15) is 5.11 Å². The lowest BCUT2D eigenvalue weighted by atomic mass is 9.76. The first-order valence-corrected chi connectivity index (χ1v) is 7.59. The largest absolute Gasteiger partial charge is 0.393 e. The molecule has 2 rings (SSSR count). The molecule has 1 aliphatic carbocycles. The number of aliphatic hydroxyl groups is 1. The number of rotatable bonds is 5. The van der Waals surface area contributed by atoms with Crippen LogP contribution in [0.3, 0.4) is 0 Å². The SMILES string of the molecule is CCC1CCC(O)C(CCCC2CCCO2)C1. The van der Waals surface area contributed by atoms with Crippen LogP contribution in [0.25, 0.3) is 0 Å². The molecule has 2 aliphatic rings. The molecule has 1 aliphatic heterocycles. The third-order valence-corrected chi connectivity index (χ3v) is 4.75. The molecule has 4 atom stereocenters. The fourth-order valence-electron chi connectivity index (χ4n) is 3.51. The Morgan fingerprint density at radius 3 is 2.76 bits per heavy atom. The van der Waals surface area contributed by atoms with Crippen LogP contribution in [0, 0.1) is 11.8 Å². The lowest BCUT2D eigenvalue weighted by molar-refractivity contribution is 0.0379. The zero-order valence-electron chi connectivity index (χ0n) is 11.2. The minimum absolute atomic E-state index is 0.0257. The van der Waals surface area contributed by atoms with Crippen molar-refractivity contribution < 1.29 is 9.84 Å². The highest BCUT2D eigenvalue weighted by Crippen LogP contribution is 2.34. The van der Waals surface area contributed by atoms with E-state index in [1.54, 1.807) is 0 Å². The number of aliphatic hydroxyl groups excluding tert-OH is 1. The summed E-state index contributed by atoms with van der Waals surface area (Å²) in [5, 5.41) is 10.0. The van der Waals surface area contributed by atoms with Crippen molar-refractivity contribution in [3.8, 4) is 0 Å². The smallest absolute Gasteiger partial charge is 0.0576 e. The molecule has 1 heterocycles. The molecule has 4 unspecified atom stereocenters. The second-order valence-electron chi connectivity index (χ2n) is 5.98. The summed E-state index contributed by atoms with van der Waals surface area (Å²) in [6.07, 6.45) is 11.5. The fraction of sp³-hybridized carbons (Fsp3) is 1.00. The minimum atomic E-state index is -0.0257. The van der Waals surface area contributed by atoms with Crippen LogP contribution in [0.15, 0.2) is 0 Å². The average Bonchev–Trinajstić information content (AvgIpc) is 2.84. The number of hydrogen-bond donors (Lipinski definition) is 1. The molecule has 0 amide bonds. The van der Waals surface area contributed by atoms with Crippen LogP contribution in [0.5, 0.6) is 0 Å². The van der Waals surface area contributed by atoms with E-state index in [4.69, 9.17) is 4.74 Å². The Labute approximate surface area is 106 Å². The van der Waals surface area contributed by atoms with Crippen molar-refractivity contribution >= 4 is 0 Å². The molecule has 1 N–H and O–H groups in total. The van der Waals surface area contributed by atoms with Crippen LogP contribution in [0.4, 0.5) is 0 Å². The summed E-state index contributed by atoms with van der Waals surface area (Å²) in [4.78, 5) is 0. The third-order valence-electron chi connectivity index (χ3n) is 4.75. The van der Waals surface area contributed by atoms with Crippen molar-refractivity contribution in [3.63, 3.8) is 0 Å². The van der Waals surface area contributed by atoms with Crippen molar-refractivity contribution in [3.05, 3.63) is 0 Å². The second kappa shape index (κ2) is 6.75. The first-order valence-electron chi connectivity index (χ1n) is 7.59. The molecular formula is C15H28O2. The second-order valence-corrected chi connectivity index (χ2v) is 5.98. The molecule has 1 saturated heterocycles. The van der Waals surface area contributed by atoms with Crippen molar-refractivity contribution in [1.29, 1.82) is 0 Å². The van der Waals surface area contributed by atoms with E-state index in [0.29, 0.717) is 12.0 Å². The van der Waals surface area contributed by atoms with Crippen LogP contribution < -0.4 is 0 Å². The van der Waals surface area contributed by atoms with Gasteiger partial charge in [0.25, 0.3) is 0 Å². The Balaban J connectivity index is 1.65. The highest BCUT2D eigenvalue weighted by molar-refractivity contribution is 4.79. The van der Waals surface area contributed by atoms with Crippen molar-refractivity contribution in [2.45, 2.75) is 76.9 Å². The predicted molar refractivity (Wildman–Crippen MR) is 70.0 cm³/mol. The molecule has 100 valence electrons. The minimum Gasteiger partial charge on any atom is -0.393 e. The molecule has 1 saturated carbocycles. The first kappa shape index (κ1) is 13.4. The first-order chi connectivity index (χ1) is 8.29. The lowest BCUT2D eigenvalue weighted by Gasteiger charge is -2.33. The van der Waals surface area contributed by atoms with E-state index in [-0.39, 0.29) is 6.10 Å². The maximum Gasteiger partial charge on any atom is 0.0576 e. The topological polar surface area (TPSA) is 29.5 Å². The van der Waals surface area contributed by atoms with E-state index < -0.39 is 0 Å². The maximum atomic E-state index is 10.0. The van der Waals surface area contributed by atoms with Crippen molar-refractivity contribution in [2.24, 2.45) is 11.8 Å². The summed E-state index contributed by atoms with van der Waals surface area (Å²) in [7, 11) is 0. The molecule has 0 spiro atoms. The highest BCUT2D eigenvalue weighted by Gasteiger charge is 2.28. The Hall–Kier alpha value is -0.0800. The van der Waals surface area contributed by atoms with Gasteiger partial charge in [0.2, 0.25) is 0 Å². The molecule has 0 aromatic heterocycles. The summed E-state index contributed by atoms with van der Waals surface area (Å²) in [6, 6.07) is 0. The number of hydrogen-bond acceptors (Lipinski definition) is 2. The summed E-state index contributed by atoms with van der Waals surface area (Å²) in [5.74, 6) is 1.43. The average molecular weight is 240 g/mol. The molecule has 0 aromatic rings. The predicted octanol–water partition coefficient (Wildman–Crippen LogP) is 3.52. The Bertz CT molecular complexity index is 211. The Kier molecular flexibility index (Phi) is 5.30. The molecule has 2 heteroatoms. The van der Waals surface area contributed by atoms with E-state index in [2.05, 4.69) is 6.92 Å². The fourth-order valence-corrected chi connectivity index (χ4v) is 3.51. The monoisotopic (exact) mass is 240 g/mol. The van der Waals surface area contributed by atoms with Gasteiger partial charge in [-0.1, -0.05) is 19.8 Å². The quantitative estimate of drug-likeness (QED) is 0.796. The molecular weight excluding hydrogens is 212 g/mol. The van der Waals surface area contributed by atoms with Gasteiger partial charge in [-0.25, -0.2) is 0 Å². The van der Waals surface area contributed by atoms with Crippen LogP contribution in [0.2, 0.25) is 0 Å². The number of ether oxygens (including phenoxy) is 1. The van der Waals surface area contributed by atoms with Gasteiger partial charge in [-0.15, -0.1) is 0 Å². The van der Waals surface area contributed by atoms with E-state index in [0.717, 1.165) is 18.9 Å². The zero-order chi connectivity index (χ0) is 12.1. The van der Waals surface area contributed by atoms with Gasteiger partial charge in [-0.3, -0.25) is 0 Å². The van der Waals surface area contributed by atoms with Crippen LogP contribution in [-0.2, 0) is 4.74 Å². The summed E-state index contributed by atoms with van der Waals surface area (Å²) >= 11 is 0. The van der Waals surface area contributed by atoms with E-state index >= 15 is 0 Å². The normalized spacial score (nSPS) is 38.5. The molecule has 17 heavy (non-hydrogen) atoms. The van der Waals surface area contributed by atoms with Gasteiger partial charge in [-0.2, -0.15) is 0 Å². The van der Waals surface area contributed by atoms with Gasteiger partial charge < -0.3 is 9.84 Å². The maximum absolute atomic E-state index is 10.0. The van der Waals surface area contributed by atoms with Crippen molar-refractivity contribution in [2.75, 3.05) is 6.61 Å². The molecule has 0 radical (unpaired) electrons. The third kappa shape index (κ3) is 3.96. The van der Waals surface area contributed by atoms with Gasteiger partial charge in [0.1, 0.15) is 0 Å². The zero-order valence-corrected chi connectivity index (χ0v) is 11.2. The highest BCUT2D eigenvalue weighted by atomic mass is 16.5. The molecule has 0 aromatic carbocycles. The molecule has 2 nitrogen and oxygen atoms in total. The van der Waals surface area contributed by atoms with Gasteiger partial charge in [-0.05, 0) is 56.8 Å². The summed E-state index contributed by atoms with van der Waals surface area (Å²) in [5.41, 5.74) is 0. The van der Waals surface area contributed by atoms with E-state index in [1.807, 2.05) is 0 Å². The van der Waals surface area contributed by atoms with E-state index in [1.165, 1.54) is 51.4 Å². The van der Waals surface area contributed by atoms with Gasteiger partial charge >= 0.3 is 0 Å². The van der Waals surface area contributed by atoms with Gasteiger partial charge in [0, 0.05) is 6.61 Å². The standard InChI is InChI=1S/C15H28O2/c1-2-12-8-9-15(16)13(11-12)5-3-6-14-7-4-10-17-14/h12-16H,2-11H2,1H3. The Morgan fingerprint density at radius 1 is 1.18 bits per heavy atom. The molecule has 0 bridgehead atoms. The van der Waals surface area contributed by atoms with Crippen LogP contribution in [-0.4, -0.2) is 23.9 Å². The van der Waals surface area contributed by atoms with Gasteiger partial charge in [0.15, 0.2) is 0 Å². The Morgan fingerprint density at radius 2 is 2.06 bits per heavy atom. The summed E-state index contributed by atoms with van der Waals surface area (Å²) < 4.78 is 5.65. The van der Waals surface area contributed by atoms with Crippen LogP contribution >= 0.6 is 0 Å². The molecule has 2 fully saturated rings. The summed E-state index contributed by atoms with van der Waals surface area (Å²) in [6.45, 7) is 3.25. The van der Waals surface area contributed by atoms with Crippen molar-refractivity contribution in [1.82, 2.24) is 0 Å². The lowest BCUT2D eigenvalue weighted by Crippen LogP contribution is -2.29. The van der Waals surface area contributed by atoms with Crippen LogP contribution in [0.1, 0.15) is 64.7 Å². The van der Waals surface area contributed by atoms with Gasteiger partial charge in [0.05, 0.1) is 12.2 Å².